The Balaban J connectivity index is 1.42. The minimum Gasteiger partial charge on any atom is -0.493 e. The van der Waals surface area contributed by atoms with Crippen LogP contribution in [-0.2, 0) is 0 Å². The number of carbonyl (C=O) groups excluding carboxylic acids is 1. The normalized spacial score (nSPS) is 29.0. The average molecular weight is 344 g/mol. The molecule has 25 heavy (non-hydrogen) atoms. The minimum atomic E-state index is 0.0448. The minimum absolute atomic E-state index is 0.0448. The first-order valence-corrected chi connectivity index (χ1v) is 9.45. The number of hydrogen-bond donors (Lipinski definition) is 0. The van der Waals surface area contributed by atoms with Crippen LogP contribution in [-0.4, -0.2) is 62.1 Å². The van der Waals surface area contributed by atoms with Gasteiger partial charge in [0.1, 0.15) is 0 Å². The molecule has 0 radical (unpaired) electrons. The zero-order valence-electron chi connectivity index (χ0n) is 15.2. The number of fused-ring (bicyclic) bond motifs is 2. The maximum atomic E-state index is 13.0. The summed E-state index contributed by atoms with van der Waals surface area (Å²) in [6.07, 6.45) is 5.66. The van der Waals surface area contributed by atoms with Gasteiger partial charge in [-0.05, 0) is 43.2 Å². The molecule has 0 N–H and O–H groups in total. The van der Waals surface area contributed by atoms with Crippen LogP contribution in [0.4, 0.5) is 0 Å². The van der Waals surface area contributed by atoms with Crippen molar-refractivity contribution in [3.63, 3.8) is 0 Å². The van der Waals surface area contributed by atoms with E-state index >= 15 is 0 Å². The first-order valence-electron chi connectivity index (χ1n) is 9.45. The molecule has 2 saturated carbocycles. The van der Waals surface area contributed by atoms with E-state index in [9.17, 15) is 4.79 Å². The molecule has 1 aliphatic heterocycles. The third kappa shape index (κ3) is 2.99. The molecule has 4 rings (SSSR count). The largest absolute Gasteiger partial charge is 0.493 e. The summed E-state index contributed by atoms with van der Waals surface area (Å²) in [7, 11) is 3.18. The van der Waals surface area contributed by atoms with Crippen LogP contribution in [0.25, 0.3) is 0 Å². The maximum Gasteiger partial charge on any atom is 0.257 e. The van der Waals surface area contributed by atoms with Gasteiger partial charge in [0.25, 0.3) is 5.91 Å². The second kappa shape index (κ2) is 6.87. The highest BCUT2D eigenvalue weighted by atomic mass is 16.5. The summed E-state index contributed by atoms with van der Waals surface area (Å²) in [6, 6.07) is 6.26. The Labute approximate surface area is 149 Å². The highest BCUT2D eigenvalue weighted by molar-refractivity contribution is 5.97. The Hall–Kier alpha value is -1.75. The predicted molar refractivity (Wildman–Crippen MR) is 96.3 cm³/mol. The molecule has 5 heteroatoms. The summed E-state index contributed by atoms with van der Waals surface area (Å²) in [6.45, 7) is 3.58. The van der Waals surface area contributed by atoms with Crippen molar-refractivity contribution in [1.82, 2.24) is 9.80 Å². The number of hydrogen-bond acceptors (Lipinski definition) is 4. The molecule has 5 nitrogen and oxygen atoms in total. The van der Waals surface area contributed by atoms with Gasteiger partial charge in [0.2, 0.25) is 0 Å². The first-order chi connectivity index (χ1) is 12.2. The first kappa shape index (κ1) is 16.7. The molecule has 2 aliphatic carbocycles. The fourth-order valence-electron chi connectivity index (χ4n) is 5.14. The van der Waals surface area contributed by atoms with Crippen molar-refractivity contribution in [2.24, 2.45) is 11.8 Å². The second-order valence-corrected chi connectivity index (χ2v) is 7.61. The van der Waals surface area contributed by atoms with Crippen molar-refractivity contribution in [3.05, 3.63) is 23.8 Å². The topological polar surface area (TPSA) is 42.0 Å². The fraction of sp³-hybridized carbons (Fsp3) is 0.650. The zero-order chi connectivity index (χ0) is 17.4. The van der Waals surface area contributed by atoms with Crippen LogP contribution in [0.1, 0.15) is 36.0 Å². The number of piperazine rings is 1. The molecular weight excluding hydrogens is 316 g/mol. The predicted octanol–water partition coefficient (Wildman–Crippen LogP) is 2.65. The fourth-order valence-corrected chi connectivity index (χ4v) is 5.14. The molecule has 3 atom stereocenters. The lowest BCUT2D eigenvalue weighted by Crippen LogP contribution is -2.53. The second-order valence-electron chi connectivity index (χ2n) is 7.61. The lowest BCUT2D eigenvalue weighted by atomic mass is 9.93. The molecule has 3 fully saturated rings. The molecule has 0 unspecified atom stereocenters. The van der Waals surface area contributed by atoms with Crippen molar-refractivity contribution < 1.29 is 14.3 Å². The summed E-state index contributed by atoms with van der Waals surface area (Å²) >= 11 is 0. The van der Waals surface area contributed by atoms with Crippen molar-refractivity contribution in [2.75, 3.05) is 40.4 Å². The molecule has 2 bridgehead atoms. The van der Waals surface area contributed by atoms with Gasteiger partial charge < -0.3 is 14.4 Å². The van der Waals surface area contributed by atoms with E-state index in [2.05, 4.69) is 4.90 Å². The van der Waals surface area contributed by atoms with Crippen molar-refractivity contribution in [3.8, 4) is 11.5 Å². The number of amides is 1. The van der Waals surface area contributed by atoms with Crippen LogP contribution < -0.4 is 9.47 Å². The number of rotatable bonds is 4. The molecule has 1 amide bonds. The van der Waals surface area contributed by atoms with Gasteiger partial charge in [-0.25, -0.2) is 0 Å². The highest BCUT2D eigenvalue weighted by Gasteiger charge is 2.43. The van der Waals surface area contributed by atoms with Crippen LogP contribution in [0.15, 0.2) is 18.2 Å². The average Bonchev–Trinajstić information content (AvgIpc) is 3.30. The third-order valence-electron chi connectivity index (χ3n) is 6.40. The molecule has 3 aliphatic rings. The van der Waals surface area contributed by atoms with Crippen LogP contribution in [0.2, 0.25) is 0 Å². The van der Waals surface area contributed by atoms with Crippen LogP contribution >= 0.6 is 0 Å². The monoisotopic (exact) mass is 344 g/mol. The standard InChI is InChI=1S/C20H28N2O3/c1-24-18-5-3-4-16(19(18)25-2)20(23)22-10-8-21(9-11-22)17-13-14-6-7-15(17)12-14/h3-5,14-15,17H,6-13H2,1-2H3/t14-,15-,17+/m1/s1. The lowest BCUT2D eigenvalue weighted by molar-refractivity contribution is 0.0493. The number of ether oxygens (including phenoxy) is 2. The van der Waals surface area contributed by atoms with Gasteiger partial charge in [-0.1, -0.05) is 12.5 Å². The quantitative estimate of drug-likeness (QED) is 0.842. The summed E-state index contributed by atoms with van der Waals surface area (Å²) in [5, 5.41) is 0. The molecule has 0 spiro atoms. The zero-order valence-corrected chi connectivity index (χ0v) is 15.2. The van der Waals surface area contributed by atoms with E-state index in [4.69, 9.17) is 9.47 Å². The van der Waals surface area contributed by atoms with E-state index in [0.717, 1.165) is 44.1 Å². The summed E-state index contributed by atoms with van der Waals surface area (Å²) in [5.74, 6) is 3.06. The number of carbonyl (C=O) groups is 1. The Morgan fingerprint density at radius 3 is 2.44 bits per heavy atom. The summed E-state index contributed by atoms with van der Waals surface area (Å²) in [5.41, 5.74) is 0.593. The SMILES string of the molecule is COc1cccc(C(=O)N2CCN([C@H]3C[C@@H]4CC[C@@H]3C4)CC2)c1OC. The van der Waals surface area contributed by atoms with E-state index in [1.54, 1.807) is 14.2 Å². The van der Waals surface area contributed by atoms with Crippen LogP contribution in [0.5, 0.6) is 11.5 Å². The van der Waals surface area contributed by atoms with Gasteiger partial charge in [0.05, 0.1) is 19.8 Å². The van der Waals surface area contributed by atoms with Gasteiger partial charge in [0.15, 0.2) is 11.5 Å². The van der Waals surface area contributed by atoms with Crippen molar-refractivity contribution in [2.45, 2.75) is 31.7 Å². The van der Waals surface area contributed by atoms with E-state index in [1.807, 2.05) is 23.1 Å². The molecule has 136 valence electrons. The lowest BCUT2D eigenvalue weighted by Gasteiger charge is -2.41. The Bertz CT molecular complexity index is 640. The highest BCUT2D eigenvalue weighted by Crippen LogP contribution is 2.46. The van der Waals surface area contributed by atoms with Crippen molar-refractivity contribution >= 4 is 5.91 Å². The Kier molecular flexibility index (Phi) is 4.59. The molecular formula is C20H28N2O3. The van der Waals surface area contributed by atoms with E-state index in [0.29, 0.717) is 17.1 Å². The third-order valence-corrected chi connectivity index (χ3v) is 6.40. The number of benzene rings is 1. The van der Waals surface area contributed by atoms with Gasteiger partial charge in [-0.3, -0.25) is 9.69 Å². The molecule has 1 aromatic carbocycles. The van der Waals surface area contributed by atoms with Crippen LogP contribution in [0.3, 0.4) is 0 Å². The van der Waals surface area contributed by atoms with E-state index in [1.165, 1.54) is 25.7 Å². The summed E-state index contributed by atoms with van der Waals surface area (Å²) < 4.78 is 10.8. The van der Waals surface area contributed by atoms with Crippen molar-refractivity contribution in [1.29, 1.82) is 0 Å². The molecule has 1 aromatic rings. The van der Waals surface area contributed by atoms with E-state index in [-0.39, 0.29) is 5.91 Å². The maximum absolute atomic E-state index is 13.0. The number of methoxy groups -OCH3 is 2. The summed E-state index contributed by atoms with van der Waals surface area (Å²) in [4.78, 5) is 17.6. The van der Waals surface area contributed by atoms with Crippen LogP contribution in [0, 0.1) is 11.8 Å². The Morgan fingerprint density at radius 2 is 1.84 bits per heavy atom. The van der Waals surface area contributed by atoms with Gasteiger partial charge in [-0.2, -0.15) is 0 Å². The molecule has 1 heterocycles. The van der Waals surface area contributed by atoms with Gasteiger partial charge >= 0.3 is 0 Å². The van der Waals surface area contributed by atoms with E-state index < -0.39 is 0 Å². The number of para-hydroxylation sites is 1. The molecule has 0 aromatic heterocycles. The van der Waals surface area contributed by atoms with Gasteiger partial charge in [-0.15, -0.1) is 0 Å². The number of nitrogens with zero attached hydrogens (tertiary/aromatic N) is 2. The Morgan fingerprint density at radius 1 is 1.04 bits per heavy atom. The van der Waals surface area contributed by atoms with Gasteiger partial charge in [0, 0.05) is 32.2 Å². The molecule has 1 saturated heterocycles. The smallest absolute Gasteiger partial charge is 0.257 e.